The van der Waals surface area contributed by atoms with Crippen molar-refractivity contribution in [2.75, 3.05) is 0 Å². The normalized spacial score (nSPS) is 10.4. The first-order valence-electron chi connectivity index (χ1n) is 6.12. The Labute approximate surface area is 116 Å². The topological polar surface area (TPSA) is 75.4 Å². The maximum atomic E-state index is 13.1. The van der Waals surface area contributed by atoms with Crippen LogP contribution in [-0.2, 0) is 13.1 Å². The monoisotopic (exact) mass is 274 g/mol. The largest absolute Gasteiger partial charge is 0.508 e. The molecule has 4 N–H and O–H groups in total. The molecule has 0 spiro atoms. The first-order valence-corrected chi connectivity index (χ1v) is 6.12. The minimum Gasteiger partial charge on any atom is -0.508 e. The lowest BCUT2D eigenvalue weighted by molar-refractivity contribution is 0.1000. The zero-order chi connectivity index (χ0) is 14.5. The fraction of sp³-hybridized carbons (Fsp3) is 0.133. The van der Waals surface area contributed by atoms with Crippen molar-refractivity contribution in [1.29, 1.82) is 0 Å². The van der Waals surface area contributed by atoms with Gasteiger partial charge in [-0.2, -0.15) is 0 Å². The number of rotatable bonds is 5. The fourth-order valence-electron chi connectivity index (χ4n) is 1.92. The number of phenols is 1. The van der Waals surface area contributed by atoms with Gasteiger partial charge in [0.05, 0.1) is 0 Å². The average Bonchev–Trinajstić information content (AvgIpc) is 2.38. The summed E-state index contributed by atoms with van der Waals surface area (Å²) in [4.78, 5) is 11.1. The number of nitrogens with one attached hydrogen (secondary N) is 1. The van der Waals surface area contributed by atoms with E-state index in [-0.39, 0.29) is 5.75 Å². The molecule has 0 aromatic heterocycles. The van der Waals surface area contributed by atoms with E-state index in [1.165, 1.54) is 12.1 Å². The number of benzene rings is 2. The van der Waals surface area contributed by atoms with Crippen molar-refractivity contribution in [3.8, 4) is 5.75 Å². The van der Waals surface area contributed by atoms with E-state index in [1.54, 1.807) is 18.2 Å². The molecule has 0 aliphatic carbocycles. The number of hydrogen-bond donors (Lipinski definition) is 3. The Morgan fingerprint density at radius 2 is 1.90 bits per heavy atom. The molecule has 0 fully saturated rings. The van der Waals surface area contributed by atoms with Gasteiger partial charge in [0.2, 0.25) is 5.91 Å². The standard InChI is InChI=1S/C15H15FN2O2/c16-13-5-11(6-14(19)7-13)9-18-8-10-2-1-3-12(4-10)15(17)20/h1-7,18-19H,8-9H2,(H2,17,20). The maximum Gasteiger partial charge on any atom is 0.248 e. The summed E-state index contributed by atoms with van der Waals surface area (Å²) in [5.74, 6) is -1.04. The summed E-state index contributed by atoms with van der Waals surface area (Å²) in [5, 5.41) is 12.4. The molecule has 0 unspecified atom stereocenters. The highest BCUT2D eigenvalue weighted by Gasteiger charge is 2.02. The third-order valence-corrected chi connectivity index (χ3v) is 2.81. The Balaban J connectivity index is 1.95. The first-order chi connectivity index (χ1) is 9.54. The van der Waals surface area contributed by atoms with Crippen LogP contribution >= 0.6 is 0 Å². The van der Waals surface area contributed by atoms with E-state index in [4.69, 9.17) is 5.73 Å². The smallest absolute Gasteiger partial charge is 0.248 e. The number of aromatic hydroxyl groups is 1. The summed E-state index contributed by atoms with van der Waals surface area (Å²) >= 11 is 0. The summed E-state index contributed by atoms with van der Waals surface area (Å²) in [6.45, 7) is 0.921. The van der Waals surface area contributed by atoms with Gasteiger partial charge in [0, 0.05) is 24.7 Å². The summed E-state index contributed by atoms with van der Waals surface area (Å²) in [6, 6.07) is 10.9. The molecule has 0 aliphatic heterocycles. The zero-order valence-corrected chi connectivity index (χ0v) is 10.8. The lowest BCUT2D eigenvalue weighted by atomic mass is 10.1. The Morgan fingerprint density at radius 3 is 2.60 bits per heavy atom. The summed E-state index contributed by atoms with van der Waals surface area (Å²) < 4.78 is 13.1. The van der Waals surface area contributed by atoms with Crippen molar-refractivity contribution in [1.82, 2.24) is 5.32 Å². The van der Waals surface area contributed by atoms with Crippen molar-refractivity contribution in [2.24, 2.45) is 5.73 Å². The van der Waals surface area contributed by atoms with E-state index in [1.807, 2.05) is 6.07 Å². The highest BCUT2D eigenvalue weighted by atomic mass is 19.1. The van der Waals surface area contributed by atoms with Crippen LogP contribution < -0.4 is 11.1 Å². The number of phenolic OH excluding ortho intramolecular Hbond substituents is 1. The number of amides is 1. The van der Waals surface area contributed by atoms with Gasteiger partial charge in [-0.3, -0.25) is 4.79 Å². The second-order valence-corrected chi connectivity index (χ2v) is 4.49. The molecule has 2 aromatic carbocycles. The number of carbonyl (C=O) groups is 1. The van der Waals surface area contributed by atoms with Crippen LogP contribution in [0, 0.1) is 5.82 Å². The molecule has 0 bridgehead atoms. The van der Waals surface area contributed by atoms with E-state index in [0.29, 0.717) is 24.2 Å². The van der Waals surface area contributed by atoms with Crippen LogP contribution in [-0.4, -0.2) is 11.0 Å². The number of hydrogen-bond acceptors (Lipinski definition) is 3. The molecule has 0 aliphatic rings. The number of halogens is 1. The van der Waals surface area contributed by atoms with Crippen LogP contribution in [0.5, 0.6) is 5.75 Å². The molecule has 5 heteroatoms. The van der Waals surface area contributed by atoms with Gasteiger partial charge in [-0.1, -0.05) is 12.1 Å². The highest BCUT2D eigenvalue weighted by molar-refractivity contribution is 5.92. The Hall–Kier alpha value is -2.40. The molecule has 0 saturated heterocycles. The van der Waals surface area contributed by atoms with Gasteiger partial charge in [-0.15, -0.1) is 0 Å². The minimum absolute atomic E-state index is 0.0995. The number of nitrogens with two attached hydrogens (primary N) is 1. The van der Waals surface area contributed by atoms with E-state index in [2.05, 4.69) is 5.32 Å². The third kappa shape index (κ3) is 3.80. The molecular weight excluding hydrogens is 259 g/mol. The van der Waals surface area contributed by atoms with Crippen LogP contribution in [0.2, 0.25) is 0 Å². The van der Waals surface area contributed by atoms with Crippen LogP contribution in [0.4, 0.5) is 4.39 Å². The molecule has 0 saturated carbocycles. The summed E-state index contributed by atoms with van der Waals surface area (Å²) in [7, 11) is 0. The molecule has 2 rings (SSSR count). The minimum atomic E-state index is -0.475. The summed E-state index contributed by atoms with van der Waals surface area (Å²) in [5.41, 5.74) is 7.21. The maximum absolute atomic E-state index is 13.1. The Morgan fingerprint density at radius 1 is 1.15 bits per heavy atom. The SMILES string of the molecule is NC(=O)c1cccc(CNCc2cc(O)cc(F)c2)c1. The molecule has 104 valence electrons. The number of primary amides is 1. The van der Waals surface area contributed by atoms with Gasteiger partial charge in [0.1, 0.15) is 11.6 Å². The van der Waals surface area contributed by atoms with Crippen molar-refractivity contribution < 1.29 is 14.3 Å². The number of carbonyl (C=O) groups excluding carboxylic acids is 1. The molecule has 20 heavy (non-hydrogen) atoms. The van der Waals surface area contributed by atoms with E-state index >= 15 is 0 Å². The van der Waals surface area contributed by atoms with Crippen molar-refractivity contribution >= 4 is 5.91 Å². The van der Waals surface area contributed by atoms with Crippen LogP contribution in [0.1, 0.15) is 21.5 Å². The zero-order valence-electron chi connectivity index (χ0n) is 10.8. The Bertz CT molecular complexity index is 609. The molecule has 0 radical (unpaired) electrons. The molecule has 4 nitrogen and oxygen atoms in total. The predicted molar refractivity (Wildman–Crippen MR) is 73.6 cm³/mol. The van der Waals surface area contributed by atoms with Crippen LogP contribution in [0.15, 0.2) is 42.5 Å². The Kier molecular flexibility index (Phi) is 4.32. The van der Waals surface area contributed by atoms with Crippen molar-refractivity contribution in [3.63, 3.8) is 0 Å². The first kappa shape index (κ1) is 14.0. The third-order valence-electron chi connectivity index (χ3n) is 2.81. The lowest BCUT2D eigenvalue weighted by Gasteiger charge is -2.07. The van der Waals surface area contributed by atoms with Crippen molar-refractivity contribution in [3.05, 3.63) is 65.0 Å². The van der Waals surface area contributed by atoms with Crippen LogP contribution in [0.3, 0.4) is 0 Å². The molecule has 1 amide bonds. The van der Waals surface area contributed by atoms with Crippen LogP contribution in [0.25, 0.3) is 0 Å². The molecular formula is C15H15FN2O2. The molecule has 0 heterocycles. The van der Waals surface area contributed by atoms with Gasteiger partial charge in [-0.25, -0.2) is 4.39 Å². The second-order valence-electron chi connectivity index (χ2n) is 4.49. The van der Waals surface area contributed by atoms with Gasteiger partial charge in [-0.05, 0) is 35.4 Å². The van der Waals surface area contributed by atoms with E-state index < -0.39 is 11.7 Å². The van der Waals surface area contributed by atoms with E-state index in [0.717, 1.165) is 11.6 Å². The van der Waals surface area contributed by atoms with Gasteiger partial charge in [0.15, 0.2) is 0 Å². The molecule has 0 atom stereocenters. The quantitative estimate of drug-likeness (QED) is 0.779. The average molecular weight is 274 g/mol. The second kappa shape index (κ2) is 6.16. The van der Waals surface area contributed by atoms with Gasteiger partial charge < -0.3 is 16.2 Å². The van der Waals surface area contributed by atoms with E-state index in [9.17, 15) is 14.3 Å². The van der Waals surface area contributed by atoms with Gasteiger partial charge in [0.25, 0.3) is 0 Å². The predicted octanol–water partition coefficient (Wildman–Crippen LogP) is 1.92. The highest BCUT2D eigenvalue weighted by Crippen LogP contribution is 2.14. The van der Waals surface area contributed by atoms with Crippen molar-refractivity contribution in [2.45, 2.75) is 13.1 Å². The fourth-order valence-corrected chi connectivity index (χ4v) is 1.92. The van der Waals surface area contributed by atoms with Gasteiger partial charge >= 0.3 is 0 Å². The summed E-state index contributed by atoms with van der Waals surface area (Å²) in [6.07, 6.45) is 0. The lowest BCUT2D eigenvalue weighted by Crippen LogP contribution is -2.15. The molecule has 2 aromatic rings.